The van der Waals surface area contributed by atoms with Gasteiger partial charge in [0, 0.05) is 35.8 Å². The number of fused-ring (bicyclic) bond motifs is 1. The predicted octanol–water partition coefficient (Wildman–Crippen LogP) is 5.00. The van der Waals surface area contributed by atoms with E-state index < -0.39 is 0 Å². The van der Waals surface area contributed by atoms with Crippen molar-refractivity contribution in [3.63, 3.8) is 0 Å². The third kappa shape index (κ3) is 3.81. The molecule has 2 heterocycles. The number of aryl methyl sites for hydroxylation is 1. The highest BCUT2D eigenvalue weighted by Crippen LogP contribution is 2.31. The van der Waals surface area contributed by atoms with E-state index in [9.17, 15) is 9.59 Å². The Hall–Kier alpha value is -3.16. The first-order chi connectivity index (χ1) is 14.3. The van der Waals surface area contributed by atoms with E-state index in [-0.39, 0.29) is 11.8 Å². The molecular weight excluding hydrogens is 420 g/mol. The standard InChI is InChI=1S/C22H19ClN4O2S/c1-13-18-12-19(30-22(18)27(25-13)17-6-4-5-15(23)11-17)20(28)24-16-9-7-14(8-10-16)21(29)26(2)3/h4-12H,1-3H3,(H,24,28). The van der Waals surface area contributed by atoms with E-state index in [0.29, 0.717) is 21.2 Å². The van der Waals surface area contributed by atoms with E-state index >= 15 is 0 Å². The molecule has 8 heteroatoms. The lowest BCUT2D eigenvalue weighted by molar-refractivity contribution is 0.0827. The SMILES string of the molecule is Cc1nn(-c2cccc(Cl)c2)c2sc(C(=O)Nc3ccc(C(=O)N(C)C)cc3)cc12. The Morgan fingerprint density at radius 1 is 1.10 bits per heavy atom. The van der Waals surface area contributed by atoms with Gasteiger partial charge in [0.25, 0.3) is 11.8 Å². The highest BCUT2D eigenvalue weighted by Gasteiger charge is 2.18. The second kappa shape index (κ2) is 7.93. The summed E-state index contributed by atoms with van der Waals surface area (Å²) in [5.74, 6) is -0.293. The molecule has 2 aromatic heterocycles. The minimum Gasteiger partial charge on any atom is -0.345 e. The maximum atomic E-state index is 12.8. The Morgan fingerprint density at radius 2 is 1.83 bits per heavy atom. The van der Waals surface area contributed by atoms with Gasteiger partial charge in [0.05, 0.1) is 16.3 Å². The lowest BCUT2D eigenvalue weighted by Gasteiger charge is -2.10. The fourth-order valence-electron chi connectivity index (χ4n) is 3.09. The molecule has 0 radical (unpaired) electrons. The number of hydrogen-bond acceptors (Lipinski definition) is 4. The van der Waals surface area contributed by atoms with E-state index in [1.165, 1.54) is 16.2 Å². The largest absolute Gasteiger partial charge is 0.345 e. The molecule has 2 amide bonds. The molecule has 6 nitrogen and oxygen atoms in total. The van der Waals surface area contributed by atoms with Crippen LogP contribution in [0.3, 0.4) is 0 Å². The first-order valence-electron chi connectivity index (χ1n) is 9.21. The zero-order valence-corrected chi connectivity index (χ0v) is 18.2. The van der Waals surface area contributed by atoms with E-state index in [0.717, 1.165) is 21.6 Å². The molecule has 0 aliphatic carbocycles. The molecule has 152 valence electrons. The summed E-state index contributed by atoms with van der Waals surface area (Å²) in [7, 11) is 3.40. The van der Waals surface area contributed by atoms with Crippen LogP contribution in [0.5, 0.6) is 0 Å². The van der Waals surface area contributed by atoms with Gasteiger partial charge in [-0.25, -0.2) is 4.68 Å². The molecule has 0 atom stereocenters. The molecule has 0 bridgehead atoms. The highest BCUT2D eigenvalue weighted by molar-refractivity contribution is 7.20. The topological polar surface area (TPSA) is 67.2 Å². The Morgan fingerprint density at radius 3 is 2.50 bits per heavy atom. The van der Waals surface area contributed by atoms with Gasteiger partial charge in [-0.1, -0.05) is 17.7 Å². The molecule has 0 aliphatic heterocycles. The molecular formula is C22H19ClN4O2S. The molecule has 2 aromatic carbocycles. The molecule has 4 rings (SSSR count). The van der Waals surface area contributed by atoms with Gasteiger partial charge in [0.15, 0.2) is 0 Å². The number of hydrogen-bond donors (Lipinski definition) is 1. The molecule has 0 aliphatic rings. The average molecular weight is 439 g/mol. The van der Waals surface area contributed by atoms with Gasteiger partial charge in [-0.3, -0.25) is 9.59 Å². The van der Waals surface area contributed by atoms with Crippen molar-refractivity contribution in [2.45, 2.75) is 6.92 Å². The third-order valence-corrected chi connectivity index (χ3v) is 5.96. The summed E-state index contributed by atoms with van der Waals surface area (Å²) in [5, 5.41) is 9.03. The first-order valence-corrected chi connectivity index (χ1v) is 10.4. The molecule has 4 aromatic rings. The summed E-state index contributed by atoms with van der Waals surface area (Å²) in [6.07, 6.45) is 0. The van der Waals surface area contributed by atoms with Crippen molar-refractivity contribution in [1.82, 2.24) is 14.7 Å². The van der Waals surface area contributed by atoms with Crippen LogP contribution in [0.15, 0.2) is 54.6 Å². The fraction of sp³-hybridized carbons (Fsp3) is 0.136. The number of halogens is 1. The monoisotopic (exact) mass is 438 g/mol. The lowest BCUT2D eigenvalue weighted by atomic mass is 10.2. The Kier molecular flexibility index (Phi) is 5.32. The molecule has 0 saturated carbocycles. The number of thiophene rings is 1. The van der Waals surface area contributed by atoms with Crippen LogP contribution < -0.4 is 5.32 Å². The fourth-order valence-corrected chi connectivity index (χ4v) is 4.35. The highest BCUT2D eigenvalue weighted by atomic mass is 35.5. The molecule has 0 saturated heterocycles. The van der Waals surface area contributed by atoms with Crippen molar-refractivity contribution in [2.75, 3.05) is 19.4 Å². The number of nitrogens with zero attached hydrogens (tertiary/aromatic N) is 3. The number of carbonyl (C=O) groups is 2. The zero-order valence-electron chi connectivity index (χ0n) is 16.6. The molecule has 1 N–H and O–H groups in total. The quantitative estimate of drug-likeness (QED) is 0.487. The maximum Gasteiger partial charge on any atom is 0.265 e. The van der Waals surface area contributed by atoms with Gasteiger partial charge >= 0.3 is 0 Å². The van der Waals surface area contributed by atoms with Crippen LogP contribution in [0.4, 0.5) is 5.69 Å². The maximum absolute atomic E-state index is 12.8. The summed E-state index contributed by atoms with van der Waals surface area (Å²) >= 11 is 7.49. The second-order valence-corrected chi connectivity index (χ2v) is 8.50. The number of aromatic nitrogens is 2. The Balaban J connectivity index is 1.60. The smallest absolute Gasteiger partial charge is 0.265 e. The van der Waals surface area contributed by atoms with Gasteiger partial charge < -0.3 is 10.2 Å². The summed E-state index contributed by atoms with van der Waals surface area (Å²) in [5.41, 5.74) is 2.88. The van der Waals surface area contributed by atoms with Gasteiger partial charge in [-0.2, -0.15) is 5.10 Å². The number of benzene rings is 2. The first kappa shape index (κ1) is 20.1. The van der Waals surface area contributed by atoms with Gasteiger partial charge in [-0.05, 0) is 55.5 Å². The number of rotatable bonds is 4. The minimum absolute atomic E-state index is 0.0848. The van der Waals surface area contributed by atoms with Crippen LogP contribution >= 0.6 is 22.9 Å². The third-order valence-electron chi connectivity index (χ3n) is 4.62. The van der Waals surface area contributed by atoms with Crippen molar-refractivity contribution >= 4 is 50.7 Å². The van der Waals surface area contributed by atoms with Crippen molar-refractivity contribution in [3.05, 3.63) is 75.8 Å². The van der Waals surface area contributed by atoms with Crippen LogP contribution in [0.25, 0.3) is 15.9 Å². The van der Waals surface area contributed by atoms with Crippen LogP contribution in [0.2, 0.25) is 5.02 Å². The number of amides is 2. The van der Waals surface area contributed by atoms with E-state index in [1.54, 1.807) is 43.0 Å². The van der Waals surface area contributed by atoms with E-state index in [1.807, 2.05) is 37.3 Å². The summed E-state index contributed by atoms with van der Waals surface area (Å²) in [6, 6.07) is 16.1. The van der Waals surface area contributed by atoms with Crippen LogP contribution in [0.1, 0.15) is 25.7 Å². The van der Waals surface area contributed by atoms with Gasteiger partial charge in [-0.15, -0.1) is 11.3 Å². The molecule has 0 unspecified atom stereocenters. The number of carbonyl (C=O) groups excluding carboxylic acids is 2. The van der Waals surface area contributed by atoms with Crippen LogP contribution in [-0.4, -0.2) is 40.6 Å². The summed E-state index contributed by atoms with van der Waals surface area (Å²) in [4.78, 5) is 27.8. The Labute approximate surface area is 182 Å². The summed E-state index contributed by atoms with van der Waals surface area (Å²) in [6.45, 7) is 1.91. The van der Waals surface area contributed by atoms with E-state index in [4.69, 9.17) is 11.6 Å². The number of anilines is 1. The Bertz CT molecular complexity index is 1260. The van der Waals surface area contributed by atoms with Gasteiger partial charge in [0.1, 0.15) is 4.83 Å². The van der Waals surface area contributed by atoms with E-state index in [2.05, 4.69) is 10.4 Å². The lowest BCUT2D eigenvalue weighted by Crippen LogP contribution is -2.21. The van der Waals surface area contributed by atoms with Gasteiger partial charge in [0.2, 0.25) is 0 Å². The number of nitrogens with one attached hydrogen (secondary N) is 1. The molecule has 0 spiro atoms. The van der Waals surface area contributed by atoms with Crippen molar-refractivity contribution in [1.29, 1.82) is 0 Å². The van der Waals surface area contributed by atoms with Crippen molar-refractivity contribution < 1.29 is 9.59 Å². The van der Waals surface area contributed by atoms with Crippen molar-refractivity contribution in [2.24, 2.45) is 0 Å². The minimum atomic E-state index is -0.208. The summed E-state index contributed by atoms with van der Waals surface area (Å²) < 4.78 is 1.81. The molecule has 30 heavy (non-hydrogen) atoms. The zero-order chi connectivity index (χ0) is 21.4. The molecule has 0 fully saturated rings. The van der Waals surface area contributed by atoms with Crippen LogP contribution in [0, 0.1) is 6.92 Å². The second-order valence-electron chi connectivity index (χ2n) is 7.04. The predicted molar refractivity (Wildman–Crippen MR) is 121 cm³/mol. The average Bonchev–Trinajstić information content (AvgIpc) is 3.29. The van der Waals surface area contributed by atoms with Crippen LogP contribution in [-0.2, 0) is 0 Å². The van der Waals surface area contributed by atoms with Crippen molar-refractivity contribution in [3.8, 4) is 5.69 Å². The normalized spacial score (nSPS) is 10.9.